The van der Waals surface area contributed by atoms with Gasteiger partial charge in [-0.3, -0.25) is 4.79 Å². The zero-order valence-corrected chi connectivity index (χ0v) is 18.9. The Hall–Kier alpha value is -4.34. The second-order valence-electron chi connectivity index (χ2n) is 7.09. The molecule has 0 atom stereocenters. The molecule has 0 saturated heterocycles. The van der Waals surface area contributed by atoms with E-state index in [0.717, 1.165) is 11.3 Å². The van der Waals surface area contributed by atoms with Gasteiger partial charge in [-0.1, -0.05) is 6.07 Å². The molecule has 10 heteroatoms. The number of aromatic nitrogens is 4. The highest BCUT2D eigenvalue weighted by molar-refractivity contribution is 5.77. The molecule has 0 saturated carbocycles. The quantitative estimate of drug-likeness (QED) is 0.338. The first-order valence-corrected chi connectivity index (χ1v) is 10.8. The van der Waals surface area contributed by atoms with Crippen LogP contribution in [-0.4, -0.2) is 59.2 Å². The lowest BCUT2D eigenvalue weighted by molar-refractivity contribution is -0.123. The van der Waals surface area contributed by atoms with Crippen molar-refractivity contribution in [3.63, 3.8) is 0 Å². The van der Waals surface area contributed by atoms with Crippen molar-refractivity contribution >= 4 is 11.6 Å². The Morgan fingerprint density at radius 2 is 1.74 bits per heavy atom. The Kier molecular flexibility index (Phi) is 7.39. The molecule has 0 aliphatic heterocycles. The van der Waals surface area contributed by atoms with Crippen LogP contribution in [0.2, 0.25) is 0 Å². The molecule has 2 heterocycles. The third-order valence-corrected chi connectivity index (χ3v) is 4.75. The van der Waals surface area contributed by atoms with E-state index in [1.54, 1.807) is 35.9 Å². The van der Waals surface area contributed by atoms with Crippen LogP contribution in [0.25, 0.3) is 17.0 Å². The minimum Gasteiger partial charge on any atom is -0.497 e. The average Bonchev–Trinajstić information content (AvgIpc) is 3.29. The van der Waals surface area contributed by atoms with Crippen molar-refractivity contribution in [2.75, 3.05) is 33.5 Å². The SMILES string of the molecule is CCOc1cccc(OCC(=O)NCCOc2ccc3nnc(-c4ccc(OC)cc4)n3n2)c1. The fraction of sp³-hybridized carbons (Fsp3) is 0.250. The molecule has 0 aliphatic rings. The Balaban J connectivity index is 1.27. The Bertz CT molecular complexity index is 1240. The van der Waals surface area contributed by atoms with Crippen LogP contribution >= 0.6 is 0 Å². The number of benzene rings is 2. The Labute approximate surface area is 196 Å². The van der Waals surface area contributed by atoms with Gasteiger partial charge in [-0.25, -0.2) is 0 Å². The van der Waals surface area contributed by atoms with Crippen LogP contribution in [0.15, 0.2) is 60.7 Å². The van der Waals surface area contributed by atoms with Gasteiger partial charge in [0.25, 0.3) is 5.91 Å². The molecule has 0 radical (unpaired) electrons. The summed E-state index contributed by atoms with van der Waals surface area (Å²) in [4.78, 5) is 12.1. The summed E-state index contributed by atoms with van der Waals surface area (Å²) in [6, 6.07) is 18.1. The number of methoxy groups -OCH3 is 1. The molecule has 0 bridgehead atoms. The highest BCUT2D eigenvalue weighted by atomic mass is 16.5. The third-order valence-electron chi connectivity index (χ3n) is 4.75. The van der Waals surface area contributed by atoms with Gasteiger partial charge in [0.1, 0.15) is 23.9 Å². The van der Waals surface area contributed by atoms with Crippen molar-refractivity contribution < 1.29 is 23.7 Å². The van der Waals surface area contributed by atoms with Gasteiger partial charge in [-0.15, -0.1) is 15.3 Å². The number of nitrogens with zero attached hydrogens (tertiary/aromatic N) is 4. The summed E-state index contributed by atoms with van der Waals surface area (Å²) < 4.78 is 23.4. The molecule has 0 spiro atoms. The fourth-order valence-corrected chi connectivity index (χ4v) is 3.14. The maximum Gasteiger partial charge on any atom is 0.258 e. The van der Waals surface area contributed by atoms with Crippen LogP contribution < -0.4 is 24.3 Å². The number of amides is 1. The van der Waals surface area contributed by atoms with Crippen molar-refractivity contribution in [1.82, 2.24) is 25.1 Å². The van der Waals surface area contributed by atoms with Crippen molar-refractivity contribution in [2.45, 2.75) is 6.92 Å². The van der Waals surface area contributed by atoms with Crippen LogP contribution in [0.4, 0.5) is 0 Å². The van der Waals surface area contributed by atoms with E-state index in [2.05, 4.69) is 20.6 Å². The van der Waals surface area contributed by atoms with Crippen LogP contribution in [-0.2, 0) is 4.79 Å². The fourth-order valence-electron chi connectivity index (χ4n) is 3.14. The van der Waals surface area contributed by atoms with Gasteiger partial charge in [0.05, 0.1) is 20.3 Å². The van der Waals surface area contributed by atoms with E-state index in [4.69, 9.17) is 18.9 Å². The molecule has 1 N–H and O–H groups in total. The first-order chi connectivity index (χ1) is 16.7. The van der Waals surface area contributed by atoms with E-state index >= 15 is 0 Å². The largest absolute Gasteiger partial charge is 0.497 e. The number of nitrogens with one attached hydrogen (secondary N) is 1. The molecule has 0 unspecified atom stereocenters. The van der Waals surface area contributed by atoms with E-state index in [1.165, 1.54) is 0 Å². The number of hydrogen-bond donors (Lipinski definition) is 1. The molecular weight excluding hydrogens is 438 g/mol. The zero-order valence-electron chi connectivity index (χ0n) is 18.9. The van der Waals surface area contributed by atoms with Gasteiger partial charge in [0, 0.05) is 17.7 Å². The molecular formula is C24H25N5O5. The van der Waals surface area contributed by atoms with Gasteiger partial charge in [-0.2, -0.15) is 4.52 Å². The van der Waals surface area contributed by atoms with E-state index in [9.17, 15) is 4.79 Å². The zero-order chi connectivity index (χ0) is 23.8. The molecule has 1 amide bonds. The van der Waals surface area contributed by atoms with Gasteiger partial charge >= 0.3 is 0 Å². The maximum atomic E-state index is 12.1. The first kappa shape index (κ1) is 22.8. The van der Waals surface area contributed by atoms with Gasteiger partial charge in [0.2, 0.25) is 5.88 Å². The molecule has 2 aromatic carbocycles. The summed E-state index contributed by atoms with van der Waals surface area (Å²) in [5.41, 5.74) is 1.44. The lowest BCUT2D eigenvalue weighted by Crippen LogP contribution is -2.32. The van der Waals surface area contributed by atoms with E-state index in [-0.39, 0.29) is 19.1 Å². The topological polar surface area (TPSA) is 109 Å². The second-order valence-corrected chi connectivity index (χ2v) is 7.09. The van der Waals surface area contributed by atoms with Crippen LogP contribution in [0.3, 0.4) is 0 Å². The summed E-state index contributed by atoms with van der Waals surface area (Å²) in [7, 11) is 1.61. The predicted octanol–water partition coefficient (Wildman–Crippen LogP) is 2.77. The van der Waals surface area contributed by atoms with Crippen molar-refractivity contribution in [1.29, 1.82) is 0 Å². The van der Waals surface area contributed by atoms with Crippen LogP contribution in [0, 0.1) is 0 Å². The number of hydrogen-bond acceptors (Lipinski definition) is 8. The molecule has 10 nitrogen and oxygen atoms in total. The lowest BCUT2D eigenvalue weighted by atomic mass is 10.2. The van der Waals surface area contributed by atoms with E-state index in [0.29, 0.717) is 42.0 Å². The normalized spacial score (nSPS) is 10.6. The van der Waals surface area contributed by atoms with Crippen molar-refractivity contribution in [3.05, 3.63) is 60.7 Å². The minimum absolute atomic E-state index is 0.105. The molecule has 2 aromatic heterocycles. The monoisotopic (exact) mass is 463 g/mol. The molecule has 4 rings (SSSR count). The molecule has 4 aromatic rings. The van der Waals surface area contributed by atoms with Crippen LogP contribution in [0.1, 0.15) is 6.92 Å². The highest BCUT2D eigenvalue weighted by Gasteiger charge is 2.11. The molecule has 34 heavy (non-hydrogen) atoms. The summed E-state index contributed by atoms with van der Waals surface area (Å²) in [5, 5.41) is 15.6. The predicted molar refractivity (Wildman–Crippen MR) is 124 cm³/mol. The summed E-state index contributed by atoms with van der Waals surface area (Å²) in [6.07, 6.45) is 0. The molecule has 0 aliphatic carbocycles. The Morgan fingerprint density at radius 3 is 2.50 bits per heavy atom. The lowest BCUT2D eigenvalue weighted by Gasteiger charge is -2.10. The van der Waals surface area contributed by atoms with E-state index in [1.807, 2.05) is 43.3 Å². The minimum atomic E-state index is -0.255. The Morgan fingerprint density at radius 1 is 0.941 bits per heavy atom. The number of carbonyl (C=O) groups is 1. The maximum absolute atomic E-state index is 12.1. The first-order valence-electron chi connectivity index (χ1n) is 10.8. The number of carbonyl (C=O) groups excluding carboxylic acids is 1. The number of ether oxygens (including phenoxy) is 4. The molecule has 176 valence electrons. The third kappa shape index (κ3) is 5.71. The summed E-state index contributed by atoms with van der Waals surface area (Å²) >= 11 is 0. The highest BCUT2D eigenvalue weighted by Crippen LogP contribution is 2.22. The number of fused-ring (bicyclic) bond motifs is 1. The van der Waals surface area contributed by atoms with Crippen molar-refractivity contribution in [2.24, 2.45) is 0 Å². The van der Waals surface area contributed by atoms with Crippen molar-refractivity contribution in [3.8, 4) is 34.5 Å². The summed E-state index contributed by atoms with van der Waals surface area (Å²) in [5.74, 6) is 2.73. The van der Waals surface area contributed by atoms with Gasteiger partial charge in [0.15, 0.2) is 18.1 Å². The smallest absolute Gasteiger partial charge is 0.258 e. The van der Waals surface area contributed by atoms with Gasteiger partial charge < -0.3 is 24.3 Å². The summed E-state index contributed by atoms with van der Waals surface area (Å²) in [6.45, 7) is 2.90. The average molecular weight is 463 g/mol. The number of rotatable bonds is 11. The molecule has 0 fully saturated rings. The van der Waals surface area contributed by atoms with Gasteiger partial charge in [-0.05, 0) is 49.4 Å². The second kappa shape index (κ2) is 11.0. The standard InChI is InChI=1S/C24H25N5O5/c1-3-32-19-5-4-6-20(15-19)34-16-22(30)25-13-14-33-23-12-11-21-26-27-24(29(21)28-23)17-7-9-18(31-2)10-8-17/h4-12,15H,3,13-14,16H2,1-2H3,(H,25,30). The van der Waals surface area contributed by atoms with Crippen LogP contribution in [0.5, 0.6) is 23.1 Å². The van der Waals surface area contributed by atoms with E-state index < -0.39 is 0 Å².